The van der Waals surface area contributed by atoms with Crippen molar-refractivity contribution >= 4 is 12.0 Å². The number of carbonyl (C=O) groups is 1. The summed E-state index contributed by atoms with van der Waals surface area (Å²) >= 11 is 0. The van der Waals surface area contributed by atoms with Gasteiger partial charge in [0.1, 0.15) is 5.70 Å². The quantitative estimate of drug-likeness (QED) is 0.261. The Morgan fingerprint density at radius 2 is 2.35 bits per heavy atom. The highest BCUT2D eigenvalue weighted by Crippen LogP contribution is 2.18. The van der Waals surface area contributed by atoms with Crippen LogP contribution in [0.3, 0.4) is 0 Å². The zero-order valence-electron chi connectivity index (χ0n) is 9.32. The van der Waals surface area contributed by atoms with Gasteiger partial charge in [0.15, 0.2) is 0 Å². The van der Waals surface area contributed by atoms with Crippen molar-refractivity contribution in [2.24, 2.45) is 5.11 Å². The number of hydrogen-bond acceptors (Lipinski definition) is 5. The van der Waals surface area contributed by atoms with E-state index in [1.165, 1.54) is 20.3 Å². The molecule has 7 nitrogen and oxygen atoms in total. The first-order valence-electron chi connectivity index (χ1n) is 4.57. The van der Waals surface area contributed by atoms with Gasteiger partial charge in [-0.1, -0.05) is 5.11 Å². The van der Waals surface area contributed by atoms with E-state index in [4.69, 9.17) is 10.3 Å². The Hall–Kier alpha value is -2.53. The summed E-state index contributed by atoms with van der Waals surface area (Å²) in [6, 6.07) is 3.33. The zero-order chi connectivity index (χ0) is 12.7. The number of methoxy groups -OCH3 is 2. The summed E-state index contributed by atoms with van der Waals surface area (Å²) < 4.78 is 9.47. The summed E-state index contributed by atoms with van der Waals surface area (Å²) in [5, 5.41) is 3.25. The predicted molar refractivity (Wildman–Crippen MR) is 59.9 cm³/mol. The van der Waals surface area contributed by atoms with E-state index in [0.29, 0.717) is 11.4 Å². The fourth-order valence-electron chi connectivity index (χ4n) is 1.11. The maximum Gasteiger partial charge on any atom is 0.340 e. The molecule has 0 radical (unpaired) electrons. The Morgan fingerprint density at radius 3 is 2.94 bits per heavy atom. The molecule has 0 fully saturated rings. The second-order valence-electron chi connectivity index (χ2n) is 2.81. The minimum Gasteiger partial charge on any atom is -0.481 e. The van der Waals surface area contributed by atoms with E-state index in [2.05, 4.69) is 19.7 Å². The Labute approximate surface area is 97.3 Å². The molecule has 0 aliphatic rings. The summed E-state index contributed by atoms with van der Waals surface area (Å²) in [7, 11) is 2.65. The second-order valence-corrected chi connectivity index (χ2v) is 2.81. The number of pyridine rings is 1. The summed E-state index contributed by atoms with van der Waals surface area (Å²) in [5.74, 6) is -0.407. The van der Waals surface area contributed by atoms with E-state index in [0.717, 1.165) is 0 Å². The molecule has 7 heteroatoms. The van der Waals surface area contributed by atoms with Crippen molar-refractivity contribution in [2.75, 3.05) is 14.2 Å². The van der Waals surface area contributed by atoms with Gasteiger partial charge >= 0.3 is 5.97 Å². The van der Waals surface area contributed by atoms with Gasteiger partial charge in [-0.25, -0.2) is 9.78 Å². The van der Waals surface area contributed by atoms with Crippen LogP contribution in [0.1, 0.15) is 5.56 Å². The van der Waals surface area contributed by atoms with Crippen LogP contribution < -0.4 is 4.74 Å². The van der Waals surface area contributed by atoms with Crippen LogP contribution >= 0.6 is 0 Å². The van der Waals surface area contributed by atoms with Gasteiger partial charge in [0.2, 0.25) is 5.88 Å². The van der Waals surface area contributed by atoms with Crippen molar-refractivity contribution in [1.82, 2.24) is 4.98 Å². The van der Waals surface area contributed by atoms with Crippen molar-refractivity contribution < 1.29 is 14.3 Å². The first-order valence-corrected chi connectivity index (χ1v) is 4.57. The van der Waals surface area contributed by atoms with E-state index in [9.17, 15) is 4.79 Å². The lowest BCUT2D eigenvalue weighted by atomic mass is 10.2. The minimum absolute atomic E-state index is 0.165. The van der Waals surface area contributed by atoms with Gasteiger partial charge in [0.25, 0.3) is 0 Å². The Bertz CT molecular complexity index is 492. The van der Waals surface area contributed by atoms with Gasteiger partial charge < -0.3 is 9.47 Å². The first-order chi connectivity index (χ1) is 8.22. The van der Waals surface area contributed by atoms with E-state index < -0.39 is 5.97 Å². The van der Waals surface area contributed by atoms with Crippen molar-refractivity contribution in [3.8, 4) is 5.88 Å². The van der Waals surface area contributed by atoms with E-state index in [1.807, 2.05) is 0 Å². The molecule has 0 aromatic carbocycles. The van der Waals surface area contributed by atoms with Crippen LogP contribution in [-0.4, -0.2) is 25.2 Å². The molecule has 17 heavy (non-hydrogen) atoms. The van der Waals surface area contributed by atoms with Gasteiger partial charge in [0, 0.05) is 16.7 Å². The number of rotatable bonds is 4. The van der Waals surface area contributed by atoms with Crippen LogP contribution in [0, 0.1) is 0 Å². The molecule has 1 aromatic heterocycles. The lowest BCUT2D eigenvalue weighted by Crippen LogP contribution is -2.02. The first kappa shape index (κ1) is 12.5. The molecule has 0 spiro atoms. The fraction of sp³-hybridized carbons (Fsp3) is 0.200. The molecule has 1 heterocycles. The SMILES string of the molecule is COC(=O)/C(=C/c1cccnc1OC)N=[N+]=[N-]. The number of aromatic nitrogens is 1. The lowest BCUT2D eigenvalue weighted by molar-refractivity contribution is -0.136. The van der Waals surface area contributed by atoms with Crippen molar-refractivity contribution in [2.45, 2.75) is 0 Å². The number of carbonyl (C=O) groups excluding carboxylic acids is 1. The molecule has 1 rings (SSSR count). The standard InChI is InChI=1S/C10H10N4O3/c1-16-9-7(4-3-5-12-9)6-8(13-14-11)10(15)17-2/h3-6H,1-2H3/b8-6-. The molecule has 0 amide bonds. The van der Waals surface area contributed by atoms with Crippen LogP contribution in [0.25, 0.3) is 16.5 Å². The van der Waals surface area contributed by atoms with Gasteiger partial charge in [-0.2, -0.15) is 0 Å². The second kappa shape index (κ2) is 6.14. The van der Waals surface area contributed by atoms with E-state index >= 15 is 0 Å². The van der Waals surface area contributed by atoms with Gasteiger partial charge in [-0.15, -0.1) is 0 Å². The predicted octanol–water partition coefficient (Wildman–Crippen LogP) is 1.91. The monoisotopic (exact) mass is 234 g/mol. The molecule has 0 unspecified atom stereocenters. The molecule has 0 saturated heterocycles. The molecule has 1 aromatic rings. The van der Waals surface area contributed by atoms with Crippen LogP contribution in [-0.2, 0) is 9.53 Å². The third-order valence-corrected chi connectivity index (χ3v) is 1.83. The molecule has 88 valence electrons. The molecular weight excluding hydrogens is 224 g/mol. The molecule has 0 bridgehead atoms. The summed E-state index contributed by atoms with van der Waals surface area (Å²) in [6.07, 6.45) is 2.89. The van der Waals surface area contributed by atoms with Gasteiger partial charge in [-0.3, -0.25) is 0 Å². The molecule has 0 aliphatic carbocycles. The van der Waals surface area contributed by atoms with Gasteiger partial charge in [0.05, 0.1) is 14.2 Å². The smallest absolute Gasteiger partial charge is 0.340 e. The largest absolute Gasteiger partial charge is 0.481 e. The summed E-state index contributed by atoms with van der Waals surface area (Å²) in [4.78, 5) is 17.8. The van der Waals surface area contributed by atoms with E-state index in [-0.39, 0.29) is 5.70 Å². The molecule has 0 saturated carbocycles. The van der Waals surface area contributed by atoms with Crippen molar-refractivity contribution in [1.29, 1.82) is 0 Å². The van der Waals surface area contributed by atoms with Crippen LogP contribution in [0.15, 0.2) is 29.1 Å². The Kier molecular flexibility index (Phi) is 4.53. The average Bonchev–Trinajstić information content (AvgIpc) is 2.38. The highest BCUT2D eigenvalue weighted by atomic mass is 16.5. The maximum atomic E-state index is 11.3. The summed E-state index contributed by atoms with van der Waals surface area (Å²) in [5.41, 5.74) is 8.70. The fourth-order valence-corrected chi connectivity index (χ4v) is 1.11. The number of hydrogen-bond donors (Lipinski definition) is 0. The normalized spacial score (nSPS) is 10.4. The Morgan fingerprint density at radius 1 is 1.59 bits per heavy atom. The third kappa shape index (κ3) is 3.22. The van der Waals surface area contributed by atoms with Crippen LogP contribution in [0.2, 0.25) is 0 Å². The van der Waals surface area contributed by atoms with Crippen molar-refractivity contribution in [3.05, 3.63) is 40.0 Å². The average molecular weight is 234 g/mol. The highest BCUT2D eigenvalue weighted by molar-refractivity contribution is 5.93. The molecule has 0 aliphatic heterocycles. The minimum atomic E-state index is -0.728. The number of ether oxygens (including phenoxy) is 2. The Balaban J connectivity index is 3.21. The maximum absolute atomic E-state index is 11.3. The number of esters is 1. The zero-order valence-corrected chi connectivity index (χ0v) is 9.32. The molecule has 0 N–H and O–H groups in total. The topological polar surface area (TPSA) is 97.2 Å². The van der Waals surface area contributed by atoms with Crippen LogP contribution in [0.4, 0.5) is 0 Å². The lowest BCUT2D eigenvalue weighted by Gasteiger charge is -2.03. The van der Waals surface area contributed by atoms with Crippen LogP contribution in [0.5, 0.6) is 5.88 Å². The van der Waals surface area contributed by atoms with Crippen molar-refractivity contribution in [3.63, 3.8) is 0 Å². The molecular formula is C10H10N4O3. The highest BCUT2D eigenvalue weighted by Gasteiger charge is 2.09. The summed E-state index contributed by atoms with van der Waals surface area (Å²) in [6.45, 7) is 0. The number of nitrogens with zero attached hydrogens (tertiary/aromatic N) is 4. The third-order valence-electron chi connectivity index (χ3n) is 1.83. The van der Waals surface area contributed by atoms with Gasteiger partial charge in [-0.05, 0) is 23.7 Å². The molecule has 0 atom stereocenters. The van der Waals surface area contributed by atoms with E-state index in [1.54, 1.807) is 18.3 Å². The number of azide groups is 1.